The summed E-state index contributed by atoms with van der Waals surface area (Å²) in [4.78, 5) is 30.4. The van der Waals surface area contributed by atoms with Crippen LogP contribution in [-0.4, -0.2) is 40.6 Å². The van der Waals surface area contributed by atoms with Crippen molar-refractivity contribution < 1.29 is 29.3 Å². The molecular weight excluding hydrogens is 518 g/mol. The number of ketones is 1. The molecule has 0 fully saturated rings. The Morgan fingerprint density at radius 1 is 1.05 bits per heavy atom. The Balaban J connectivity index is 1.59. The number of thiazole rings is 1. The van der Waals surface area contributed by atoms with Crippen LogP contribution in [0.25, 0.3) is 10.2 Å². The normalized spacial score (nSPS) is 11.6. The van der Waals surface area contributed by atoms with Crippen molar-refractivity contribution in [1.82, 2.24) is 4.98 Å². The number of aliphatic hydroxyl groups excluding tert-OH is 2. The third-order valence-corrected chi connectivity index (χ3v) is 6.98. The number of methoxy groups -OCH3 is 1. The van der Waals surface area contributed by atoms with E-state index in [1.165, 1.54) is 11.3 Å². The van der Waals surface area contributed by atoms with Crippen molar-refractivity contribution in [2.24, 2.45) is 0 Å². The molecule has 1 atom stereocenters. The Hall–Kier alpha value is -4.14. The fourth-order valence-electron chi connectivity index (χ4n) is 3.96. The van der Waals surface area contributed by atoms with Crippen molar-refractivity contribution in [1.29, 1.82) is 5.26 Å². The second-order valence-electron chi connectivity index (χ2n) is 8.69. The highest BCUT2D eigenvalue weighted by molar-refractivity contribution is 7.22. The molecule has 1 unspecified atom stereocenters. The van der Waals surface area contributed by atoms with Crippen LogP contribution in [0.4, 0.5) is 5.13 Å². The van der Waals surface area contributed by atoms with Gasteiger partial charge < -0.3 is 19.7 Å². The van der Waals surface area contributed by atoms with E-state index in [4.69, 9.17) is 14.7 Å². The Kier molecular flexibility index (Phi) is 9.35. The molecule has 200 valence electrons. The topological polar surface area (TPSA) is 142 Å². The molecule has 9 nitrogen and oxygen atoms in total. The van der Waals surface area contributed by atoms with Crippen LogP contribution in [0.3, 0.4) is 0 Å². The van der Waals surface area contributed by atoms with Gasteiger partial charge in [0.05, 0.1) is 35.1 Å². The standard InChI is InChI=1S/C29H27N3O6S/c1-37-12-2-3-25(35)19-6-8-20(9-7-19)27(38-23-10-4-18(15-30)5-11-23)28(36)32-29-31-24-13-21(16-33)22(17-34)14-26(24)39-29/h4-11,13-14,27,33-34H,2-3,12,16-17H2,1H3,(H,31,32,36). The largest absolute Gasteiger partial charge is 0.476 e. The van der Waals surface area contributed by atoms with Crippen molar-refractivity contribution in [2.75, 3.05) is 19.0 Å². The maximum Gasteiger partial charge on any atom is 0.271 e. The first-order chi connectivity index (χ1) is 18.9. The number of amides is 1. The van der Waals surface area contributed by atoms with Gasteiger partial charge in [-0.2, -0.15) is 5.26 Å². The van der Waals surface area contributed by atoms with Crippen LogP contribution < -0.4 is 10.1 Å². The van der Waals surface area contributed by atoms with Gasteiger partial charge >= 0.3 is 0 Å². The lowest BCUT2D eigenvalue weighted by Crippen LogP contribution is -2.25. The van der Waals surface area contributed by atoms with Gasteiger partial charge in [-0.1, -0.05) is 35.6 Å². The van der Waals surface area contributed by atoms with E-state index in [0.717, 1.165) is 4.70 Å². The van der Waals surface area contributed by atoms with Crippen molar-refractivity contribution in [2.45, 2.75) is 32.2 Å². The van der Waals surface area contributed by atoms with Crippen LogP contribution in [0.15, 0.2) is 60.7 Å². The summed E-state index contributed by atoms with van der Waals surface area (Å²) in [6.45, 7) is 0.0339. The molecule has 1 aromatic heterocycles. The minimum absolute atomic E-state index is 0.0217. The molecule has 0 spiro atoms. The van der Waals surface area contributed by atoms with Crippen LogP contribution in [0.5, 0.6) is 5.75 Å². The third kappa shape index (κ3) is 6.85. The van der Waals surface area contributed by atoms with E-state index in [-0.39, 0.29) is 19.0 Å². The smallest absolute Gasteiger partial charge is 0.271 e. The highest BCUT2D eigenvalue weighted by Crippen LogP contribution is 2.31. The summed E-state index contributed by atoms with van der Waals surface area (Å²) in [5.74, 6) is -0.118. The molecule has 39 heavy (non-hydrogen) atoms. The molecule has 0 saturated carbocycles. The van der Waals surface area contributed by atoms with Gasteiger partial charge in [0.2, 0.25) is 6.10 Å². The van der Waals surface area contributed by atoms with Crippen molar-refractivity contribution in [3.8, 4) is 11.8 Å². The molecule has 3 N–H and O–H groups in total. The highest BCUT2D eigenvalue weighted by atomic mass is 32.1. The first-order valence-electron chi connectivity index (χ1n) is 12.2. The lowest BCUT2D eigenvalue weighted by atomic mass is 10.0. The zero-order valence-electron chi connectivity index (χ0n) is 21.2. The molecule has 10 heteroatoms. The molecule has 4 rings (SSSR count). The second-order valence-corrected chi connectivity index (χ2v) is 9.72. The van der Waals surface area contributed by atoms with E-state index in [1.807, 2.05) is 6.07 Å². The van der Waals surface area contributed by atoms with Gasteiger partial charge in [0.1, 0.15) is 5.75 Å². The quantitative estimate of drug-likeness (QED) is 0.174. The van der Waals surface area contributed by atoms with Crippen molar-refractivity contribution >= 4 is 38.4 Å². The van der Waals surface area contributed by atoms with Gasteiger partial charge in [0.15, 0.2) is 10.9 Å². The number of rotatable bonds is 12. The van der Waals surface area contributed by atoms with Gasteiger partial charge in [0.25, 0.3) is 5.91 Å². The van der Waals surface area contributed by atoms with Crippen molar-refractivity contribution in [3.05, 3.63) is 88.5 Å². The summed E-state index contributed by atoms with van der Waals surface area (Å²) < 4.78 is 11.8. The first-order valence-corrected chi connectivity index (χ1v) is 13.0. The number of hydrogen-bond acceptors (Lipinski definition) is 9. The van der Waals surface area contributed by atoms with Crippen molar-refractivity contribution in [3.63, 3.8) is 0 Å². The molecule has 0 aliphatic heterocycles. The lowest BCUT2D eigenvalue weighted by Gasteiger charge is -2.19. The zero-order chi connectivity index (χ0) is 27.8. The Bertz CT molecular complexity index is 1450. The number of aromatic nitrogens is 1. The van der Waals surface area contributed by atoms with Crippen LogP contribution in [0.1, 0.15) is 51.6 Å². The molecule has 1 amide bonds. The minimum Gasteiger partial charge on any atom is -0.476 e. The number of ether oxygens (including phenoxy) is 2. The molecule has 0 aliphatic rings. The predicted molar refractivity (Wildman–Crippen MR) is 147 cm³/mol. The van der Waals surface area contributed by atoms with E-state index >= 15 is 0 Å². The number of benzene rings is 3. The zero-order valence-corrected chi connectivity index (χ0v) is 22.0. The number of carbonyl (C=O) groups excluding carboxylic acids is 2. The van der Waals surface area contributed by atoms with Crippen LogP contribution in [0.2, 0.25) is 0 Å². The summed E-state index contributed by atoms with van der Waals surface area (Å²) in [7, 11) is 1.59. The van der Waals surface area contributed by atoms with Crippen LogP contribution in [-0.2, 0) is 22.7 Å². The number of nitrogens with zero attached hydrogens (tertiary/aromatic N) is 2. The van der Waals surface area contributed by atoms with Crippen LogP contribution >= 0.6 is 11.3 Å². The minimum atomic E-state index is -1.08. The summed E-state index contributed by atoms with van der Waals surface area (Å²) in [6, 6.07) is 18.6. The number of carbonyl (C=O) groups is 2. The Morgan fingerprint density at radius 2 is 1.74 bits per heavy atom. The SMILES string of the molecule is COCCCC(=O)c1ccc(C(Oc2ccc(C#N)cc2)C(=O)Nc2nc3cc(CO)c(CO)cc3s2)cc1. The fourth-order valence-corrected chi connectivity index (χ4v) is 4.87. The molecule has 0 saturated heterocycles. The molecule has 0 bridgehead atoms. The monoisotopic (exact) mass is 545 g/mol. The van der Waals surface area contributed by atoms with E-state index in [2.05, 4.69) is 10.3 Å². The summed E-state index contributed by atoms with van der Waals surface area (Å²) in [5, 5.41) is 31.4. The second kappa shape index (κ2) is 13.1. The van der Waals surface area contributed by atoms with Gasteiger partial charge in [0, 0.05) is 31.3 Å². The maximum atomic E-state index is 13.5. The number of anilines is 1. The van der Waals surface area contributed by atoms with E-state index < -0.39 is 12.0 Å². The first kappa shape index (κ1) is 27.9. The average Bonchev–Trinajstić information content (AvgIpc) is 3.36. The average molecular weight is 546 g/mol. The Morgan fingerprint density at radius 3 is 2.38 bits per heavy atom. The molecule has 0 radical (unpaired) electrons. The van der Waals surface area contributed by atoms with E-state index in [1.54, 1.807) is 67.8 Å². The third-order valence-electron chi connectivity index (χ3n) is 6.04. The number of aliphatic hydroxyl groups is 2. The number of hydrogen-bond donors (Lipinski definition) is 3. The molecule has 1 heterocycles. The molecule has 0 aliphatic carbocycles. The van der Waals surface area contributed by atoms with Gasteiger partial charge in [-0.3, -0.25) is 14.9 Å². The fraction of sp³-hybridized carbons (Fsp3) is 0.241. The number of fused-ring (bicyclic) bond motifs is 1. The lowest BCUT2D eigenvalue weighted by molar-refractivity contribution is -0.123. The molecule has 4 aromatic rings. The van der Waals surface area contributed by atoms with Gasteiger partial charge in [-0.05, 0) is 53.9 Å². The number of nitriles is 1. The van der Waals surface area contributed by atoms with Gasteiger partial charge in [-0.25, -0.2) is 4.98 Å². The van der Waals surface area contributed by atoms with Crippen LogP contribution in [0, 0.1) is 11.3 Å². The molecule has 3 aromatic carbocycles. The Labute approximate surface area is 229 Å². The van der Waals surface area contributed by atoms with E-state index in [9.17, 15) is 19.8 Å². The number of Topliss-reactive ketones (excluding diaryl/α,β-unsaturated/α-hetero) is 1. The van der Waals surface area contributed by atoms with Gasteiger partial charge in [-0.15, -0.1) is 0 Å². The summed E-state index contributed by atoms with van der Waals surface area (Å²) in [5.41, 5.74) is 3.24. The maximum absolute atomic E-state index is 13.5. The predicted octanol–water partition coefficient (Wildman–Crippen LogP) is 4.52. The highest BCUT2D eigenvalue weighted by Gasteiger charge is 2.25. The number of nitrogens with one attached hydrogen (secondary N) is 1. The summed E-state index contributed by atoms with van der Waals surface area (Å²) >= 11 is 1.23. The molecular formula is C29H27N3O6S. The van der Waals surface area contributed by atoms with E-state index in [0.29, 0.717) is 63.7 Å². The summed E-state index contributed by atoms with van der Waals surface area (Å²) in [6.07, 6.45) is -0.110.